The standard InChI is InChI=1S/C10H15N3OS/c1-12-3-2-8(4-10(12)14)5-13-6-9(7-13)15-11/h2-4,9H,5-7,11H2,1H3. The lowest BCUT2D eigenvalue weighted by atomic mass is 10.1. The van der Waals surface area contributed by atoms with Crippen molar-refractivity contribution in [2.75, 3.05) is 13.1 Å². The van der Waals surface area contributed by atoms with Crippen molar-refractivity contribution < 1.29 is 0 Å². The van der Waals surface area contributed by atoms with E-state index in [4.69, 9.17) is 5.14 Å². The number of rotatable bonds is 3. The lowest BCUT2D eigenvalue weighted by Gasteiger charge is -2.37. The lowest BCUT2D eigenvalue weighted by Crippen LogP contribution is -2.48. The Hall–Kier alpha value is -0.780. The molecule has 1 aliphatic heterocycles. The van der Waals surface area contributed by atoms with Gasteiger partial charge in [-0.3, -0.25) is 14.8 Å². The van der Waals surface area contributed by atoms with Gasteiger partial charge in [0.2, 0.25) is 0 Å². The monoisotopic (exact) mass is 225 g/mol. The van der Waals surface area contributed by atoms with E-state index in [-0.39, 0.29) is 5.56 Å². The number of hydrogen-bond acceptors (Lipinski definition) is 4. The van der Waals surface area contributed by atoms with Crippen LogP contribution in [0.1, 0.15) is 5.56 Å². The van der Waals surface area contributed by atoms with E-state index in [9.17, 15) is 4.79 Å². The van der Waals surface area contributed by atoms with Crippen LogP contribution in [0.15, 0.2) is 23.1 Å². The largest absolute Gasteiger partial charge is 0.319 e. The maximum absolute atomic E-state index is 11.4. The van der Waals surface area contributed by atoms with Crippen molar-refractivity contribution in [3.05, 3.63) is 34.2 Å². The second-order valence-corrected chi connectivity index (χ2v) is 4.88. The zero-order valence-electron chi connectivity index (χ0n) is 8.72. The fraction of sp³-hybridized carbons (Fsp3) is 0.500. The summed E-state index contributed by atoms with van der Waals surface area (Å²) in [5, 5.41) is 6.04. The van der Waals surface area contributed by atoms with Crippen molar-refractivity contribution in [3.8, 4) is 0 Å². The summed E-state index contributed by atoms with van der Waals surface area (Å²) >= 11 is 1.42. The second-order valence-electron chi connectivity index (χ2n) is 3.94. The predicted molar refractivity (Wildman–Crippen MR) is 62.5 cm³/mol. The van der Waals surface area contributed by atoms with Crippen LogP contribution in [0.25, 0.3) is 0 Å². The van der Waals surface area contributed by atoms with Crippen LogP contribution in [0.5, 0.6) is 0 Å². The van der Waals surface area contributed by atoms with Gasteiger partial charge in [-0.1, -0.05) is 11.9 Å². The first-order chi connectivity index (χ1) is 7.19. The van der Waals surface area contributed by atoms with Gasteiger partial charge in [0.05, 0.1) is 0 Å². The summed E-state index contributed by atoms with van der Waals surface area (Å²) in [5.41, 5.74) is 1.14. The topological polar surface area (TPSA) is 51.3 Å². The van der Waals surface area contributed by atoms with Crippen molar-refractivity contribution in [2.24, 2.45) is 12.2 Å². The van der Waals surface area contributed by atoms with E-state index in [1.165, 1.54) is 11.9 Å². The summed E-state index contributed by atoms with van der Waals surface area (Å²) < 4.78 is 1.58. The van der Waals surface area contributed by atoms with E-state index in [2.05, 4.69) is 4.90 Å². The second kappa shape index (κ2) is 4.38. The van der Waals surface area contributed by atoms with Crippen LogP contribution in [-0.4, -0.2) is 27.8 Å². The SMILES string of the molecule is Cn1ccc(CN2CC(SN)C2)cc1=O. The third-order valence-corrected chi connectivity index (χ3v) is 3.37. The molecule has 2 N–H and O–H groups in total. The maximum Gasteiger partial charge on any atom is 0.250 e. The molecule has 2 rings (SSSR count). The van der Waals surface area contributed by atoms with Gasteiger partial charge in [0.15, 0.2) is 0 Å². The molecule has 0 spiro atoms. The van der Waals surface area contributed by atoms with Gasteiger partial charge < -0.3 is 4.57 Å². The fourth-order valence-corrected chi connectivity index (χ4v) is 2.28. The zero-order chi connectivity index (χ0) is 10.8. The first kappa shape index (κ1) is 10.7. The molecule has 0 bridgehead atoms. The number of aromatic nitrogens is 1. The van der Waals surface area contributed by atoms with E-state index in [0.29, 0.717) is 5.25 Å². The van der Waals surface area contributed by atoms with Crippen molar-refractivity contribution in [3.63, 3.8) is 0 Å². The highest BCUT2D eigenvalue weighted by Gasteiger charge is 2.25. The number of aryl methyl sites for hydroxylation is 1. The molecule has 0 aliphatic carbocycles. The van der Waals surface area contributed by atoms with Crippen molar-refractivity contribution in [2.45, 2.75) is 11.8 Å². The van der Waals surface area contributed by atoms with Crippen molar-refractivity contribution in [1.82, 2.24) is 9.47 Å². The van der Waals surface area contributed by atoms with Crippen molar-refractivity contribution in [1.29, 1.82) is 0 Å². The van der Waals surface area contributed by atoms with Crippen LogP contribution in [0, 0.1) is 0 Å². The van der Waals surface area contributed by atoms with Gasteiger partial charge >= 0.3 is 0 Å². The summed E-state index contributed by atoms with van der Waals surface area (Å²) in [4.78, 5) is 13.7. The molecule has 0 atom stereocenters. The molecule has 0 radical (unpaired) electrons. The molecule has 82 valence electrons. The van der Waals surface area contributed by atoms with E-state index in [1.54, 1.807) is 17.7 Å². The number of nitrogens with zero attached hydrogens (tertiary/aromatic N) is 2. The van der Waals surface area contributed by atoms with Gasteiger partial charge in [-0.05, 0) is 11.6 Å². The Kier molecular flexibility index (Phi) is 3.14. The minimum Gasteiger partial charge on any atom is -0.319 e. The smallest absolute Gasteiger partial charge is 0.250 e. The highest BCUT2D eigenvalue weighted by atomic mass is 32.2. The first-order valence-electron chi connectivity index (χ1n) is 4.92. The third-order valence-electron chi connectivity index (χ3n) is 2.69. The number of nitrogens with two attached hydrogens (primary N) is 1. The Morgan fingerprint density at radius 3 is 2.93 bits per heavy atom. The molecular weight excluding hydrogens is 210 g/mol. The van der Waals surface area contributed by atoms with Crippen LogP contribution in [0.2, 0.25) is 0 Å². The molecule has 0 aromatic carbocycles. The molecule has 15 heavy (non-hydrogen) atoms. The van der Waals surface area contributed by atoms with Gasteiger partial charge in [-0.15, -0.1) is 0 Å². The Labute approximate surface area is 93.2 Å². The van der Waals surface area contributed by atoms with Gasteiger partial charge in [0.25, 0.3) is 5.56 Å². The Bertz CT molecular complexity index is 398. The number of pyridine rings is 1. The molecule has 1 fully saturated rings. The van der Waals surface area contributed by atoms with Crippen LogP contribution in [-0.2, 0) is 13.6 Å². The van der Waals surface area contributed by atoms with E-state index in [0.717, 1.165) is 25.2 Å². The molecule has 5 heteroatoms. The van der Waals surface area contributed by atoms with E-state index < -0.39 is 0 Å². The van der Waals surface area contributed by atoms with Gasteiger partial charge in [0, 0.05) is 44.2 Å². The molecule has 0 unspecified atom stereocenters. The third kappa shape index (κ3) is 2.42. The Morgan fingerprint density at radius 2 is 2.33 bits per heavy atom. The highest BCUT2D eigenvalue weighted by molar-refractivity contribution is 7.97. The molecule has 1 aromatic heterocycles. The minimum atomic E-state index is 0.0535. The van der Waals surface area contributed by atoms with Crippen LogP contribution in [0.4, 0.5) is 0 Å². The van der Waals surface area contributed by atoms with Crippen LogP contribution < -0.4 is 10.7 Å². The highest BCUT2D eigenvalue weighted by Crippen LogP contribution is 2.19. The molecule has 4 nitrogen and oxygen atoms in total. The molecule has 1 saturated heterocycles. The Balaban J connectivity index is 1.95. The molecule has 0 amide bonds. The molecular formula is C10H15N3OS. The Morgan fingerprint density at radius 1 is 1.60 bits per heavy atom. The summed E-state index contributed by atoms with van der Waals surface area (Å²) in [5.74, 6) is 0. The van der Waals surface area contributed by atoms with Gasteiger partial charge in [0.1, 0.15) is 0 Å². The molecule has 2 heterocycles. The van der Waals surface area contributed by atoms with E-state index >= 15 is 0 Å². The quantitative estimate of drug-likeness (QED) is 0.745. The zero-order valence-corrected chi connectivity index (χ0v) is 9.54. The van der Waals surface area contributed by atoms with Gasteiger partial charge in [-0.2, -0.15) is 0 Å². The number of likely N-dealkylation sites (tertiary alicyclic amines) is 1. The summed E-state index contributed by atoms with van der Waals surface area (Å²) in [6.07, 6.45) is 1.81. The average molecular weight is 225 g/mol. The normalized spacial score (nSPS) is 17.7. The summed E-state index contributed by atoms with van der Waals surface area (Å²) in [6, 6.07) is 3.69. The van der Waals surface area contributed by atoms with Crippen molar-refractivity contribution >= 4 is 11.9 Å². The van der Waals surface area contributed by atoms with Crippen LogP contribution >= 0.6 is 11.9 Å². The first-order valence-corrected chi connectivity index (χ1v) is 5.87. The molecule has 1 aromatic rings. The number of hydrogen-bond donors (Lipinski definition) is 1. The fourth-order valence-electron chi connectivity index (χ4n) is 1.68. The average Bonchev–Trinajstić information content (AvgIpc) is 2.16. The lowest BCUT2D eigenvalue weighted by molar-refractivity contribution is 0.181. The van der Waals surface area contributed by atoms with Crippen LogP contribution in [0.3, 0.4) is 0 Å². The predicted octanol–water partition coefficient (Wildman–Crippen LogP) is 0.176. The maximum atomic E-state index is 11.4. The van der Waals surface area contributed by atoms with Gasteiger partial charge in [-0.25, -0.2) is 0 Å². The van der Waals surface area contributed by atoms with E-state index in [1.807, 2.05) is 12.3 Å². The molecule has 0 saturated carbocycles. The summed E-state index contributed by atoms with van der Waals surface area (Å²) in [7, 11) is 1.76. The molecule has 1 aliphatic rings. The minimum absolute atomic E-state index is 0.0535. The summed E-state index contributed by atoms with van der Waals surface area (Å²) in [6.45, 7) is 2.90.